The first-order valence-corrected chi connectivity index (χ1v) is 10.1. The SMILES string of the molecule is Cc1cccc(CNC(=O)C2CCC(C(=O)Nc3ccc(C)c(C)c3)CC2)c1. The Morgan fingerprint density at radius 2 is 1.54 bits per heavy atom. The van der Waals surface area contributed by atoms with E-state index in [2.05, 4.69) is 36.6 Å². The number of anilines is 1. The van der Waals surface area contributed by atoms with Crippen LogP contribution in [0.25, 0.3) is 0 Å². The van der Waals surface area contributed by atoms with E-state index in [1.165, 1.54) is 16.7 Å². The number of amides is 2. The van der Waals surface area contributed by atoms with Gasteiger partial charge in [0.25, 0.3) is 0 Å². The quantitative estimate of drug-likeness (QED) is 0.794. The lowest BCUT2D eigenvalue weighted by atomic mass is 9.81. The van der Waals surface area contributed by atoms with Crippen LogP contribution in [0.3, 0.4) is 0 Å². The highest BCUT2D eigenvalue weighted by Crippen LogP contribution is 2.30. The minimum Gasteiger partial charge on any atom is -0.352 e. The fourth-order valence-corrected chi connectivity index (χ4v) is 3.84. The molecule has 2 aromatic carbocycles. The van der Waals surface area contributed by atoms with Crippen LogP contribution in [0.5, 0.6) is 0 Å². The summed E-state index contributed by atoms with van der Waals surface area (Å²) >= 11 is 0. The third-order valence-electron chi connectivity index (χ3n) is 5.79. The molecule has 1 saturated carbocycles. The van der Waals surface area contributed by atoms with Crippen LogP contribution >= 0.6 is 0 Å². The molecule has 1 aliphatic carbocycles. The number of hydrogen-bond acceptors (Lipinski definition) is 2. The van der Waals surface area contributed by atoms with Crippen LogP contribution in [0.1, 0.15) is 47.9 Å². The maximum absolute atomic E-state index is 12.6. The van der Waals surface area contributed by atoms with Crippen LogP contribution in [0, 0.1) is 32.6 Å². The number of carbonyl (C=O) groups excluding carboxylic acids is 2. The number of carbonyl (C=O) groups is 2. The Hall–Kier alpha value is -2.62. The summed E-state index contributed by atoms with van der Waals surface area (Å²) < 4.78 is 0. The van der Waals surface area contributed by atoms with Gasteiger partial charge in [0, 0.05) is 24.1 Å². The number of rotatable bonds is 5. The lowest BCUT2D eigenvalue weighted by Crippen LogP contribution is -2.35. The molecule has 0 saturated heterocycles. The van der Waals surface area contributed by atoms with Crippen molar-refractivity contribution in [2.45, 2.75) is 53.0 Å². The summed E-state index contributed by atoms with van der Waals surface area (Å²) in [5.74, 6) is 0.175. The minimum absolute atomic E-state index is 0.00970. The van der Waals surface area contributed by atoms with Crippen molar-refractivity contribution in [3.8, 4) is 0 Å². The fourth-order valence-electron chi connectivity index (χ4n) is 3.84. The van der Waals surface area contributed by atoms with Crippen LogP contribution in [0.15, 0.2) is 42.5 Å². The van der Waals surface area contributed by atoms with Gasteiger partial charge in [0.2, 0.25) is 11.8 Å². The summed E-state index contributed by atoms with van der Waals surface area (Å²) in [5.41, 5.74) is 5.56. The van der Waals surface area contributed by atoms with Crippen molar-refractivity contribution in [3.05, 3.63) is 64.7 Å². The molecule has 0 aliphatic heterocycles. The molecule has 0 spiro atoms. The van der Waals surface area contributed by atoms with Gasteiger partial charge in [-0.15, -0.1) is 0 Å². The number of hydrogen-bond donors (Lipinski definition) is 2. The van der Waals surface area contributed by atoms with Crippen LogP contribution in [-0.4, -0.2) is 11.8 Å². The van der Waals surface area contributed by atoms with Crippen molar-refractivity contribution in [1.82, 2.24) is 5.32 Å². The van der Waals surface area contributed by atoms with Crippen LogP contribution in [-0.2, 0) is 16.1 Å². The lowest BCUT2D eigenvalue weighted by molar-refractivity contribution is -0.128. The van der Waals surface area contributed by atoms with Crippen LogP contribution < -0.4 is 10.6 Å². The maximum atomic E-state index is 12.6. The van der Waals surface area contributed by atoms with E-state index in [9.17, 15) is 9.59 Å². The van der Waals surface area contributed by atoms with E-state index in [1.54, 1.807) is 0 Å². The van der Waals surface area contributed by atoms with Gasteiger partial charge >= 0.3 is 0 Å². The summed E-state index contributed by atoms with van der Waals surface area (Å²) in [7, 11) is 0. The monoisotopic (exact) mass is 378 g/mol. The molecular weight excluding hydrogens is 348 g/mol. The highest BCUT2D eigenvalue weighted by atomic mass is 16.2. The zero-order valence-electron chi connectivity index (χ0n) is 17.0. The Morgan fingerprint density at radius 3 is 2.18 bits per heavy atom. The maximum Gasteiger partial charge on any atom is 0.227 e. The fraction of sp³-hybridized carbons (Fsp3) is 0.417. The van der Waals surface area contributed by atoms with Crippen LogP contribution in [0.2, 0.25) is 0 Å². The van der Waals surface area contributed by atoms with Crippen molar-refractivity contribution in [2.75, 3.05) is 5.32 Å². The summed E-state index contributed by atoms with van der Waals surface area (Å²) in [4.78, 5) is 25.1. The molecule has 2 aromatic rings. The van der Waals surface area contributed by atoms with E-state index in [4.69, 9.17) is 0 Å². The summed E-state index contributed by atoms with van der Waals surface area (Å²) in [5, 5.41) is 6.09. The predicted molar refractivity (Wildman–Crippen MR) is 113 cm³/mol. The Kier molecular flexibility index (Phi) is 6.50. The highest BCUT2D eigenvalue weighted by molar-refractivity contribution is 5.93. The standard InChI is InChI=1S/C24H30N2O2/c1-16-5-4-6-19(13-16)15-25-23(27)20-8-10-21(11-9-20)24(28)26-22-12-7-17(2)18(3)14-22/h4-7,12-14,20-21H,8-11,15H2,1-3H3,(H,25,27)(H,26,28). The second-order valence-electron chi connectivity index (χ2n) is 8.04. The minimum atomic E-state index is -0.0116. The molecule has 0 atom stereocenters. The number of benzene rings is 2. The summed E-state index contributed by atoms with van der Waals surface area (Å²) in [6, 6.07) is 14.2. The molecule has 0 aromatic heterocycles. The van der Waals surface area contributed by atoms with E-state index in [1.807, 2.05) is 37.3 Å². The molecule has 148 valence electrons. The largest absolute Gasteiger partial charge is 0.352 e. The predicted octanol–water partition coefficient (Wildman–Crippen LogP) is 4.67. The van der Waals surface area contributed by atoms with Gasteiger partial charge in [0.1, 0.15) is 0 Å². The second kappa shape index (κ2) is 9.05. The lowest BCUT2D eigenvalue weighted by Gasteiger charge is -2.27. The smallest absolute Gasteiger partial charge is 0.227 e. The topological polar surface area (TPSA) is 58.2 Å². The highest BCUT2D eigenvalue weighted by Gasteiger charge is 2.29. The molecule has 1 fully saturated rings. The van der Waals surface area contributed by atoms with E-state index in [0.717, 1.165) is 36.9 Å². The Bertz CT molecular complexity index is 851. The van der Waals surface area contributed by atoms with Gasteiger partial charge in [-0.05, 0) is 75.3 Å². The van der Waals surface area contributed by atoms with Gasteiger partial charge in [-0.25, -0.2) is 0 Å². The van der Waals surface area contributed by atoms with Crippen molar-refractivity contribution < 1.29 is 9.59 Å². The van der Waals surface area contributed by atoms with Crippen LogP contribution in [0.4, 0.5) is 5.69 Å². The number of nitrogens with one attached hydrogen (secondary N) is 2. The van der Waals surface area contributed by atoms with E-state index >= 15 is 0 Å². The number of aryl methyl sites for hydroxylation is 3. The molecule has 1 aliphatic rings. The molecule has 2 N–H and O–H groups in total. The molecule has 3 rings (SSSR count). The van der Waals surface area contributed by atoms with Gasteiger partial charge in [0.05, 0.1) is 0 Å². The average Bonchev–Trinajstić information content (AvgIpc) is 2.69. The van der Waals surface area contributed by atoms with Gasteiger partial charge in [-0.2, -0.15) is 0 Å². The molecular formula is C24H30N2O2. The van der Waals surface area contributed by atoms with E-state index in [-0.39, 0.29) is 23.7 Å². The first kappa shape index (κ1) is 20.1. The molecule has 4 nitrogen and oxygen atoms in total. The van der Waals surface area contributed by atoms with E-state index in [0.29, 0.717) is 6.54 Å². The molecule has 4 heteroatoms. The molecule has 0 radical (unpaired) electrons. The van der Waals surface area contributed by atoms with Crippen molar-refractivity contribution >= 4 is 17.5 Å². The van der Waals surface area contributed by atoms with Gasteiger partial charge < -0.3 is 10.6 Å². The summed E-state index contributed by atoms with van der Waals surface area (Å²) in [6.45, 7) is 6.72. The second-order valence-corrected chi connectivity index (χ2v) is 8.04. The van der Waals surface area contributed by atoms with Gasteiger partial charge in [-0.1, -0.05) is 35.9 Å². The molecule has 0 heterocycles. The zero-order chi connectivity index (χ0) is 20.1. The molecule has 0 bridgehead atoms. The first-order valence-electron chi connectivity index (χ1n) is 10.1. The molecule has 2 amide bonds. The average molecular weight is 379 g/mol. The Labute approximate surface area is 167 Å². The van der Waals surface area contributed by atoms with Crippen molar-refractivity contribution in [3.63, 3.8) is 0 Å². The van der Waals surface area contributed by atoms with Crippen molar-refractivity contribution in [2.24, 2.45) is 11.8 Å². The first-order chi connectivity index (χ1) is 13.4. The normalized spacial score (nSPS) is 19.1. The van der Waals surface area contributed by atoms with Gasteiger partial charge in [0.15, 0.2) is 0 Å². The van der Waals surface area contributed by atoms with E-state index < -0.39 is 0 Å². The van der Waals surface area contributed by atoms with Crippen molar-refractivity contribution in [1.29, 1.82) is 0 Å². The Balaban J connectivity index is 1.46. The third kappa shape index (κ3) is 5.22. The Morgan fingerprint density at radius 1 is 0.857 bits per heavy atom. The molecule has 28 heavy (non-hydrogen) atoms. The molecule has 0 unspecified atom stereocenters. The zero-order valence-corrected chi connectivity index (χ0v) is 17.0. The van der Waals surface area contributed by atoms with Gasteiger partial charge in [-0.3, -0.25) is 9.59 Å². The summed E-state index contributed by atoms with van der Waals surface area (Å²) in [6.07, 6.45) is 3.06. The third-order valence-corrected chi connectivity index (χ3v) is 5.79.